The molecule has 1 aliphatic heterocycles. The topological polar surface area (TPSA) is 45.2 Å². The summed E-state index contributed by atoms with van der Waals surface area (Å²) >= 11 is 0. The Labute approximate surface area is 162 Å². The van der Waals surface area contributed by atoms with Gasteiger partial charge < -0.3 is 14.6 Å². The fourth-order valence-corrected chi connectivity index (χ4v) is 3.24. The number of morpholine rings is 1. The summed E-state index contributed by atoms with van der Waals surface area (Å²) in [7, 11) is 0. The number of aliphatic hydroxyl groups excluding tert-OH is 1. The zero-order valence-corrected chi connectivity index (χ0v) is 15.9. The van der Waals surface area contributed by atoms with Crippen molar-refractivity contribution in [1.82, 2.24) is 9.80 Å². The Morgan fingerprint density at radius 1 is 1.00 bits per heavy atom. The van der Waals surface area contributed by atoms with Crippen molar-refractivity contribution in [2.45, 2.75) is 12.6 Å². The van der Waals surface area contributed by atoms with E-state index < -0.39 is 6.10 Å². The predicted molar refractivity (Wildman–Crippen MR) is 107 cm³/mol. The van der Waals surface area contributed by atoms with Crippen LogP contribution in [0.2, 0.25) is 0 Å². The van der Waals surface area contributed by atoms with Crippen molar-refractivity contribution in [1.29, 1.82) is 0 Å². The third kappa shape index (κ3) is 7.31. The molecule has 5 heteroatoms. The van der Waals surface area contributed by atoms with Crippen molar-refractivity contribution >= 4 is 0 Å². The largest absolute Gasteiger partial charge is 0.491 e. The van der Waals surface area contributed by atoms with Gasteiger partial charge in [0.25, 0.3) is 0 Å². The third-order valence-corrected chi connectivity index (χ3v) is 4.74. The van der Waals surface area contributed by atoms with E-state index in [-0.39, 0.29) is 0 Å². The second kappa shape index (κ2) is 11.0. The molecule has 0 radical (unpaired) electrons. The van der Waals surface area contributed by atoms with Crippen LogP contribution in [0, 0.1) is 0 Å². The minimum Gasteiger partial charge on any atom is -0.491 e. The number of hydrogen-bond acceptors (Lipinski definition) is 5. The van der Waals surface area contributed by atoms with E-state index in [2.05, 4.69) is 34.1 Å². The summed E-state index contributed by atoms with van der Waals surface area (Å²) in [6.45, 7) is 7.21. The highest BCUT2D eigenvalue weighted by Gasteiger charge is 2.16. The smallest absolute Gasteiger partial charge is 0.119 e. The molecule has 0 spiro atoms. The van der Waals surface area contributed by atoms with E-state index in [1.165, 1.54) is 5.56 Å². The van der Waals surface area contributed by atoms with Gasteiger partial charge >= 0.3 is 0 Å². The molecule has 1 fully saturated rings. The average Bonchev–Trinajstić information content (AvgIpc) is 2.73. The Bertz CT molecular complexity index is 633. The summed E-state index contributed by atoms with van der Waals surface area (Å²) in [5.74, 6) is 0.791. The summed E-state index contributed by atoms with van der Waals surface area (Å²) in [6.07, 6.45) is -0.529. The van der Waals surface area contributed by atoms with Crippen molar-refractivity contribution < 1.29 is 14.6 Å². The van der Waals surface area contributed by atoms with E-state index in [9.17, 15) is 5.11 Å². The fourth-order valence-electron chi connectivity index (χ4n) is 3.24. The SMILES string of the molecule is O[C@H](COc1ccccc1)CN(CCN1CCOCC1)Cc1ccccc1. The van der Waals surface area contributed by atoms with Gasteiger partial charge in [0.15, 0.2) is 0 Å². The summed E-state index contributed by atoms with van der Waals surface area (Å²) in [5, 5.41) is 10.5. The Balaban J connectivity index is 1.51. The van der Waals surface area contributed by atoms with Crippen LogP contribution < -0.4 is 4.74 Å². The summed E-state index contributed by atoms with van der Waals surface area (Å²) in [4.78, 5) is 4.73. The van der Waals surface area contributed by atoms with Gasteiger partial charge in [0, 0.05) is 39.3 Å². The Morgan fingerprint density at radius 2 is 1.67 bits per heavy atom. The maximum Gasteiger partial charge on any atom is 0.119 e. The first kappa shape index (κ1) is 19.8. The molecule has 0 aromatic heterocycles. The Morgan fingerprint density at radius 3 is 2.37 bits per heavy atom. The van der Waals surface area contributed by atoms with E-state index >= 15 is 0 Å². The molecule has 0 amide bonds. The molecular formula is C22H30N2O3. The van der Waals surface area contributed by atoms with Gasteiger partial charge in [0.2, 0.25) is 0 Å². The molecule has 1 heterocycles. The molecule has 0 saturated carbocycles. The first-order valence-corrected chi connectivity index (χ1v) is 9.72. The second-order valence-electron chi connectivity index (χ2n) is 6.95. The number of ether oxygens (including phenoxy) is 2. The number of rotatable bonds is 10. The van der Waals surface area contributed by atoms with Crippen molar-refractivity contribution in [3.63, 3.8) is 0 Å². The van der Waals surface area contributed by atoms with Crippen LogP contribution in [0.15, 0.2) is 60.7 Å². The highest BCUT2D eigenvalue weighted by atomic mass is 16.5. The maximum atomic E-state index is 10.5. The summed E-state index contributed by atoms with van der Waals surface area (Å²) in [6, 6.07) is 20.1. The molecule has 3 rings (SSSR count). The van der Waals surface area contributed by atoms with Gasteiger partial charge in [-0.25, -0.2) is 0 Å². The lowest BCUT2D eigenvalue weighted by molar-refractivity contribution is 0.0256. The molecule has 0 unspecified atom stereocenters. The molecule has 2 aromatic rings. The van der Waals surface area contributed by atoms with E-state index in [0.717, 1.165) is 51.7 Å². The first-order chi connectivity index (χ1) is 13.3. The number of para-hydroxylation sites is 1. The van der Waals surface area contributed by atoms with Gasteiger partial charge in [0.1, 0.15) is 18.5 Å². The van der Waals surface area contributed by atoms with Crippen molar-refractivity contribution in [3.8, 4) is 5.75 Å². The lowest BCUT2D eigenvalue weighted by atomic mass is 10.2. The van der Waals surface area contributed by atoms with E-state index in [1.54, 1.807) is 0 Å². The number of hydrogen-bond donors (Lipinski definition) is 1. The van der Waals surface area contributed by atoms with Gasteiger partial charge in [-0.15, -0.1) is 0 Å². The van der Waals surface area contributed by atoms with Crippen LogP contribution in [0.25, 0.3) is 0 Å². The standard InChI is InChI=1S/C22H30N2O3/c25-21(19-27-22-9-5-2-6-10-22)18-24(17-20-7-3-1-4-8-20)12-11-23-13-15-26-16-14-23/h1-10,21,25H,11-19H2/t21-/m0/s1. The van der Waals surface area contributed by atoms with Crippen LogP contribution in [0.3, 0.4) is 0 Å². The van der Waals surface area contributed by atoms with Gasteiger partial charge in [0.05, 0.1) is 13.2 Å². The lowest BCUT2D eigenvalue weighted by Crippen LogP contribution is -2.43. The zero-order valence-electron chi connectivity index (χ0n) is 15.9. The van der Waals surface area contributed by atoms with Crippen LogP contribution in [-0.2, 0) is 11.3 Å². The molecular weight excluding hydrogens is 340 g/mol. The Kier molecular flexibility index (Phi) is 8.11. The second-order valence-corrected chi connectivity index (χ2v) is 6.95. The lowest BCUT2D eigenvalue weighted by Gasteiger charge is -2.31. The highest BCUT2D eigenvalue weighted by molar-refractivity contribution is 5.21. The molecule has 0 aliphatic carbocycles. The van der Waals surface area contributed by atoms with E-state index in [0.29, 0.717) is 13.2 Å². The third-order valence-electron chi connectivity index (χ3n) is 4.74. The van der Waals surface area contributed by atoms with E-state index in [4.69, 9.17) is 9.47 Å². The molecule has 27 heavy (non-hydrogen) atoms. The average molecular weight is 370 g/mol. The normalized spacial score (nSPS) is 16.4. The molecule has 1 atom stereocenters. The van der Waals surface area contributed by atoms with Gasteiger partial charge in [-0.05, 0) is 17.7 Å². The zero-order chi connectivity index (χ0) is 18.7. The van der Waals surface area contributed by atoms with Gasteiger partial charge in [-0.2, -0.15) is 0 Å². The van der Waals surface area contributed by atoms with Crippen molar-refractivity contribution in [2.75, 3.05) is 52.5 Å². The van der Waals surface area contributed by atoms with Crippen molar-refractivity contribution in [3.05, 3.63) is 66.2 Å². The minimum atomic E-state index is -0.529. The number of nitrogens with zero attached hydrogens (tertiary/aromatic N) is 2. The Hall–Kier alpha value is -1.92. The molecule has 1 saturated heterocycles. The quantitative estimate of drug-likeness (QED) is 0.695. The van der Waals surface area contributed by atoms with Crippen LogP contribution in [0.4, 0.5) is 0 Å². The molecule has 5 nitrogen and oxygen atoms in total. The predicted octanol–water partition coefficient (Wildman–Crippen LogP) is 2.26. The summed E-state index contributed by atoms with van der Waals surface area (Å²) < 4.78 is 11.1. The van der Waals surface area contributed by atoms with Crippen LogP contribution in [-0.4, -0.2) is 73.6 Å². The van der Waals surface area contributed by atoms with Gasteiger partial charge in [-0.3, -0.25) is 9.80 Å². The molecule has 146 valence electrons. The van der Waals surface area contributed by atoms with Crippen molar-refractivity contribution in [2.24, 2.45) is 0 Å². The first-order valence-electron chi connectivity index (χ1n) is 9.72. The minimum absolute atomic E-state index is 0.298. The molecule has 2 aromatic carbocycles. The van der Waals surface area contributed by atoms with Crippen LogP contribution in [0.1, 0.15) is 5.56 Å². The highest BCUT2D eigenvalue weighted by Crippen LogP contribution is 2.10. The van der Waals surface area contributed by atoms with Gasteiger partial charge in [-0.1, -0.05) is 48.5 Å². The summed E-state index contributed by atoms with van der Waals surface area (Å²) in [5.41, 5.74) is 1.26. The number of aliphatic hydroxyl groups is 1. The fraction of sp³-hybridized carbons (Fsp3) is 0.455. The molecule has 0 bridgehead atoms. The van der Waals surface area contributed by atoms with Crippen LogP contribution in [0.5, 0.6) is 5.75 Å². The maximum absolute atomic E-state index is 10.5. The number of benzene rings is 2. The monoisotopic (exact) mass is 370 g/mol. The molecule has 1 N–H and O–H groups in total. The van der Waals surface area contributed by atoms with E-state index in [1.807, 2.05) is 36.4 Å². The van der Waals surface area contributed by atoms with Crippen LogP contribution >= 0.6 is 0 Å². The molecule has 1 aliphatic rings.